The summed E-state index contributed by atoms with van der Waals surface area (Å²) in [5.74, 6) is 2.75. The molecule has 9 nitrogen and oxygen atoms in total. The summed E-state index contributed by atoms with van der Waals surface area (Å²) in [7, 11) is 1.58. The van der Waals surface area contributed by atoms with Crippen LogP contribution >= 0.6 is 0 Å². The number of H-pyrrole nitrogens is 1. The highest BCUT2D eigenvalue weighted by Crippen LogP contribution is 2.37. The molecule has 3 N–H and O–H groups in total. The Labute approximate surface area is 180 Å². The number of methoxy groups -OCH3 is 1. The highest BCUT2D eigenvalue weighted by atomic mass is 16.5. The average Bonchev–Trinajstić information content (AvgIpc) is 3.33. The standard InChI is InChI=1S/C22H26N8O/c1-31-21-13-20(28-29-21)26-19-12-18-17(4-2-8-24-18)22(27-19)25-14-10-15-5-6-16(11-14)30(15)9-3-7-23/h2,4,8,12-16H,3,5-6,9-11H2,1H3,(H3,25,26,27,28,29)/t14?,15-,16+. The molecule has 0 saturated carbocycles. The molecule has 1 unspecified atom stereocenters. The zero-order valence-electron chi connectivity index (χ0n) is 17.5. The molecule has 2 saturated heterocycles. The van der Waals surface area contributed by atoms with Crippen molar-refractivity contribution in [1.29, 1.82) is 5.26 Å². The van der Waals surface area contributed by atoms with Gasteiger partial charge in [-0.3, -0.25) is 15.0 Å². The highest BCUT2D eigenvalue weighted by molar-refractivity contribution is 5.91. The van der Waals surface area contributed by atoms with Gasteiger partial charge >= 0.3 is 0 Å². The number of ether oxygens (including phenoxy) is 1. The molecule has 2 fully saturated rings. The quantitative estimate of drug-likeness (QED) is 0.535. The molecule has 5 heterocycles. The van der Waals surface area contributed by atoms with E-state index in [1.165, 1.54) is 12.8 Å². The van der Waals surface area contributed by atoms with Gasteiger partial charge in [0.1, 0.15) is 17.5 Å². The van der Waals surface area contributed by atoms with Gasteiger partial charge in [-0.2, -0.15) is 5.26 Å². The Morgan fingerprint density at radius 1 is 1.29 bits per heavy atom. The lowest BCUT2D eigenvalue weighted by atomic mass is 9.97. The first-order valence-electron chi connectivity index (χ1n) is 10.7. The summed E-state index contributed by atoms with van der Waals surface area (Å²) >= 11 is 0. The molecule has 0 aliphatic carbocycles. The molecule has 3 atom stereocenters. The van der Waals surface area contributed by atoms with Gasteiger partial charge in [0.05, 0.1) is 18.7 Å². The van der Waals surface area contributed by atoms with E-state index < -0.39 is 0 Å². The zero-order valence-corrected chi connectivity index (χ0v) is 17.5. The van der Waals surface area contributed by atoms with Crippen LogP contribution in [0.4, 0.5) is 17.5 Å². The van der Waals surface area contributed by atoms with Crippen molar-refractivity contribution in [3.8, 4) is 11.9 Å². The van der Waals surface area contributed by atoms with Crippen molar-refractivity contribution in [3.05, 3.63) is 30.5 Å². The van der Waals surface area contributed by atoms with Gasteiger partial charge in [0, 0.05) is 54.8 Å². The van der Waals surface area contributed by atoms with E-state index in [2.05, 4.69) is 42.9 Å². The van der Waals surface area contributed by atoms with Crippen molar-refractivity contribution >= 4 is 28.4 Å². The molecule has 0 amide bonds. The maximum absolute atomic E-state index is 8.96. The van der Waals surface area contributed by atoms with Crippen molar-refractivity contribution in [3.63, 3.8) is 0 Å². The van der Waals surface area contributed by atoms with Gasteiger partial charge in [-0.15, -0.1) is 5.10 Å². The summed E-state index contributed by atoms with van der Waals surface area (Å²) < 4.78 is 5.14. The monoisotopic (exact) mass is 418 g/mol. The fourth-order valence-corrected chi connectivity index (χ4v) is 4.99. The minimum atomic E-state index is 0.356. The van der Waals surface area contributed by atoms with E-state index in [9.17, 15) is 0 Å². The van der Waals surface area contributed by atoms with Crippen molar-refractivity contribution in [2.24, 2.45) is 0 Å². The van der Waals surface area contributed by atoms with Crippen LogP contribution in [0, 0.1) is 11.3 Å². The summed E-state index contributed by atoms with van der Waals surface area (Å²) in [6.07, 6.45) is 6.97. The van der Waals surface area contributed by atoms with E-state index in [4.69, 9.17) is 15.0 Å². The van der Waals surface area contributed by atoms with Gasteiger partial charge in [-0.05, 0) is 37.8 Å². The smallest absolute Gasteiger partial charge is 0.234 e. The number of piperidine rings is 1. The lowest BCUT2D eigenvalue weighted by molar-refractivity contribution is 0.136. The molecule has 2 bridgehead atoms. The summed E-state index contributed by atoms with van der Waals surface area (Å²) in [6.45, 7) is 0.886. The van der Waals surface area contributed by atoms with Crippen LogP contribution in [-0.2, 0) is 0 Å². The summed E-state index contributed by atoms with van der Waals surface area (Å²) in [4.78, 5) is 11.9. The molecule has 0 aromatic carbocycles. The fraction of sp³-hybridized carbons (Fsp3) is 0.455. The molecule has 2 aliphatic rings. The van der Waals surface area contributed by atoms with Crippen LogP contribution in [0.3, 0.4) is 0 Å². The second-order valence-electron chi connectivity index (χ2n) is 8.22. The Morgan fingerprint density at radius 3 is 2.87 bits per heavy atom. The van der Waals surface area contributed by atoms with Gasteiger partial charge in [0.15, 0.2) is 0 Å². The van der Waals surface area contributed by atoms with Crippen LogP contribution in [0.15, 0.2) is 30.5 Å². The lowest BCUT2D eigenvalue weighted by Crippen LogP contribution is -2.47. The summed E-state index contributed by atoms with van der Waals surface area (Å²) in [5, 5.41) is 23.9. The number of aromatic amines is 1. The molecule has 9 heteroatoms. The maximum Gasteiger partial charge on any atom is 0.234 e. The third kappa shape index (κ3) is 3.99. The molecule has 31 heavy (non-hydrogen) atoms. The number of anilines is 3. The number of pyridine rings is 2. The SMILES string of the molecule is COc1cc(Nc2cc3ncccc3c(NC3C[C@H]4CC[C@@H](C3)N4CCC#N)n2)[nH]n1. The van der Waals surface area contributed by atoms with E-state index in [1.54, 1.807) is 19.4 Å². The van der Waals surface area contributed by atoms with Crippen molar-refractivity contribution < 1.29 is 4.74 Å². The van der Waals surface area contributed by atoms with Gasteiger partial charge in [-0.25, -0.2) is 4.98 Å². The van der Waals surface area contributed by atoms with Crippen LogP contribution in [0.5, 0.6) is 5.88 Å². The number of aromatic nitrogens is 4. The molecule has 5 rings (SSSR count). The molecule has 2 aliphatic heterocycles. The van der Waals surface area contributed by atoms with E-state index in [1.807, 2.05) is 12.1 Å². The first-order valence-corrected chi connectivity index (χ1v) is 10.7. The van der Waals surface area contributed by atoms with Crippen LogP contribution < -0.4 is 15.4 Å². The van der Waals surface area contributed by atoms with E-state index in [0.29, 0.717) is 42.1 Å². The number of hydrogen-bond donors (Lipinski definition) is 3. The van der Waals surface area contributed by atoms with E-state index >= 15 is 0 Å². The third-order valence-electron chi connectivity index (χ3n) is 6.33. The highest BCUT2D eigenvalue weighted by Gasteiger charge is 2.40. The number of nitriles is 1. The summed E-state index contributed by atoms with van der Waals surface area (Å²) in [5.41, 5.74) is 0.878. The molecule has 0 radical (unpaired) electrons. The largest absolute Gasteiger partial charge is 0.480 e. The van der Waals surface area contributed by atoms with Crippen molar-refractivity contribution in [1.82, 2.24) is 25.1 Å². The topological polar surface area (TPSA) is 115 Å². The molecule has 160 valence electrons. The fourth-order valence-electron chi connectivity index (χ4n) is 4.99. The Balaban J connectivity index is 1.37. The first-order chi connectivity index (χ1) is 15.2. The van der Waals surface area contributed by atoms with Crippen LogP contribution in [0.25, 0.3) is 10.9 Å². The zero-order chi connectivity index (χ0) is 21.2. The minimum Gasteiger partial charge on any atom is -0.480 e. The van der Waals surface area contributed by atoms with Crippen LogP contribution in [-0.4, -0.2) is 56.8 Å². The molecule has 3 aromatic heterocycles. The Hall–Kier alpha value is -3.38. The van der Waals surface area contributed by atoms with E-state index in [-0.39, 0.29) is 0 Å². The number of fused-ring (bicyclic) bond motifs is 3. The first kappa shape index (κ1) is 19.6. The van der Waals surface area contributed by atoms with Gasteiger partial charge in [0.2, 0.25) is 5.88 Å². The number of nitrogens with zero attached hydrogens (tertiary/aromatic N) is 5. The molecule has 3 aromatic rings. The van der Waals surface area contributed by atoms with E-state index in [0.717, 1.165) is 36.1 Å². The van der Waals surface area contributed by atoms with Gasteiger partial charge in [-0.1, -0.05) is 0 Å². The Kier molecular flexibility index (Phi) is 5.30. The number of nitrogens with one attached hydrogen (secondary N) is 3. The predicted octanol–water partition coefficient (Wildman–Crippen LogP) is 3.43. The second-order valence-corrected chi connectivity index (χ2v) is 8.22. The number of rotatable bonds is 7. The Morgan fingerprint density at radius 2 is 2.13 bits per heavy atom. The van der Waals surface area contributed by atoms with Crippen LogP contribution in [0.2, 0.25) is 0 Å². The molecular weight excluding hydrogens is 392 g/mol. The second kappa shape index (κ2) is 8.40. The average molecular weight is 419 g/mol. The minimum absolute atomic E-state index is 0.356. The molecular formula is C22H26N8O. The van der Waals surface area contributed by atoms with Crippen molar-refractivity contribution in [2.75, 3.05) is 24.3 Å². The predicted molar refractivity (Wildman–Crippen MR) is 118 cm³/mol. The van der Waals surface area contributed by atoms with Crippen LogP contribution in [0.1, 0.15) is 32.1 Å². The normalized spacial score (nSPS) is 22.9. The maximum atomic E-state index is 8.96. The lowest BCUT2D eigenvalue weighted by Gasteiger charge is -2.39. The third-order valence-corrected chi connectivity index (χ3v) is 6.33. The van der Waals surface area contributed by atoms with Gasteiger partial charge < -0.3 is 15.4 Å². The number of hydrogen-bond acceptors (Lipinski definition) is 8. The molecule has 0 spiro atoms. The van der Waals surface area contributed by atoms with Crippen molar-refractivity contribution in [2.45, 2.75) is 50.2 Å². The van der Waals surface area contributed by atoms with Gasteiger partial charge in [0.25, 0.3) is 0 Å². The summed E-state index contributed by atoms with van der Waals surface area (Å²) in [6, 6.07) is 11.5. The Bertz CT molecular complexity index is 1090.